The minimum Gasteiger partial charge on any atom is -0.376 e. The zero-order chi connectivity index (χ0) is 22.4. The molecule has 0 unspecified atom stereocenters. The van der Waals surface area contributed by atoms with E-state index in [1.165, 1.54) is 37.1 Å². The average molecular weight is 435 g/mol. The molecule has 168 valence electrons. The predicted octanol–water partition coefficient (Wildman–Crippen LogP) is 5.31. The minimum absolute atomic E-state index is 0.106. The van der Waals surface area contributed by atoms with E-state index in [-0.39, 0.29) is 29.0 Å². The maximum absolute atomic E-state index is 13.3. The summed E-state index contributed by atoms with van der Waals surface area (Å²) in [6, 6.07) is 7.85. The number of aliphatic hydroxyl groups is 1. The van der Waals surface area contributed by atoms with E-state index in [0.717, 1.165) is 45.4 Å². The third-order valence-corrected chi connectivity index (χ3v) is 7.64. The van der Waals surface area contributed by atoms with Gasteiger partial charge in [-0.1, -0.05) is 12.1 Å². The number of nitrogens with zero attached hydrogens (tertiary/aromatic N) is 2. The lowest BCUT2D eigenvalue weighted by atomic mass is 9.67. The Morgan fingerprint density at radius 3 is 2.10 bits per heavy atom. The highest BCUT2D eigenvalue weighted by atomic mass is 19.4. The quantitative estimate of drug-likeness (QED) is 0.660. The predicted molar refractivity (Wildman–Crippen MR) is 109 cm³/mol. The molecule has 31 heavy (non-hydrogen) atoms. The summed E-state index contributed by atoms with van der Waals surface area (Å²) in [5.74, 6) is 0.497. The van der Waals surface area contributed by atoms with Gasteiger partial charge in [0, 0.05) is 24.1 Å². The van der Waals surface area contributed by atoms with Gasteiger partial charge in [-0.15, -0.1) is 0 Å². The van der Waals surface area contributed by atoms with Crippen LogP contribution < -0.4 is 0 Å². The van der Waals surface area contributed by atoms with E-state index in [4.69, 9.17) is 0 Å². The van der Waals surface area contributed by atoms with Gasteiger partial charge in [-0.2, -0.15) is 18.4 Å². The first-order valence-corrected chi connectivity index (χ1v) is 11.2. The average Bonchev–Trinajstić information content (AvgIpc) is 3.62. The normalized spacial score (nSPS) is 28.5. The molecule has 4 rings (SSSR count). The number of carbonyl (C=O) groups excluding carboxylic acids is 1. The molecule has 1 aromatic carbocycles. The van der Waals surface area contributed by atoms with E-state index in [0.29, 0.717) is 17.9 Å². The van der Waals surface area contributed by atoms with Crippen LogP contribution in [0.25, 0.3) is 0 Å². The fourth-order valence-electron chi connectivity index (χ4n) is 5.27. The molecule has 3 aliphatic carbocycles. The molecule has 1 N–H and O–H groups in total. The van der Waals surface area contributed by atoms with Crippen molar-refractivity contribution in [3.05, 3.63) is 35.4 Å². The number of alkyl halides is 3. The van der Waals surface area contributed by atoms with Gasteiger partial charge in [0.05, 0.1) is 6.07 Å². The first-order valence-electron chi connectivity index (χ1n) is 11.2. The smallest absolute Gasteiger partial charge is 0.376 e. The van der Waals surface area contributed by atoms with Gasteiger partial charge in [-0.05, 0) is 87.3 Å². The van der Waals surface area contributed by atoms with Crippen LogP contribution in [0.15, 0.2) is 24.3 Å². The van der Waals surface area contributed by atoms with E-state index in [1.54, 1.807) is 0 Å². The van der Waals surface area contributed by atoms with E-state index >= 15 is 0 Å². The Hall–Kier alpha value is -2.07. The summed E-state index contributed by atoms with van der Waals surface area (Å²) in [6.45, 7) is 0.718. The lowest BCUT2D eigenvalue weighted by Gasteiger charge is -2.43. The fourth-order valence-corrected chi connectivity index (χ4v) is 5.27. The van der Waals surface area contributed by atoms with Crippen LogP contribution in [0.5, 0.6) is 0 Å². The molecule has 0 heterocycles. The third kappa shape index (κ3) is 4.19. The van der Waals surface area contributed by atoms with Gasteiger partial charge in [0.2, 0.25) is 0 Å². The molecular weight excluding hydrogens is 405 g/mol. The van der Waals surface area contributed by atoms with Crippen LogP contribution in [-0.4, -0.2) is 34.2 Å². The number of rotatable bonds is 6. The van der Waals surface area contributed by atoms with Crippen LogP contribution >= 0.6 is 0 Å². The summed E-state index contributed by atoms with van der Waals surface area (Å²) in [7, 11) is 0. The van der Waals surface area contributed by atoms with Crippen LogP contribution in [0.1, 0.15) is 80.6 Å². The van der Waals surface area contributed by atoms with Crippen LogP contribution in [0.4, 0.5) is 13.2 Å². The minimum atomic E-state index is -4.79. The first kappa shape index (κ1) is 22.1. The zero-order valence-corrected chi connectivity index (χ0v) is 17.8. The molecule has 3 fully saturated rings. The van der Waals surface area contributed by atoms with Crippen LogP contribution in [0.3, 0.4) is 0 Å². The molecule has 4 nitrogen and oxygen atoms in total. The Morgan fingerprint density at radius 1 is 1.10 bits per heavy atom. The lowest BCUT2D eigenvalue weighted by molar-refractivity contribution is -0.258. The van der Waals surface area contributed by atoms with Crippen molar-refractivity contribution in [3.63, 3.8) is 0 Å². The first-order chi connectivity index (χ1) is 14.6. The molecule has 0 aromatic heterocycles. The molecule has 0 spiro atoms. The maximum Gasteiger partial charge on any atom is 0.421 e. The van der Waals surface area contributed by atoms with Crippen molar-refractivity contribution < 1.29 is 23.1 Å². The lowest BCUT2D eigenvalue weighted by Crippen LogP contribution is -2.46. The molecule has 0 radical (unpaired) electrons. The standard InChI is InChI=1S/C24H29F3N2O2/c1-22(31,24(25,26)27)17-4-2-16(3-5-17)21(30)29(19-8-9-19)20-10-12-23(13-11-20,14-15-28)18-6-7-18/h2-5,18-20,31H,6-14H2,1H3/t20?,22-,23?/m0/s1. The summed E-state index contributed by atoms with van der Waals surface area (Å²) < 4.78 is 39.3. The largest absolute Gasteiger partial charge is 0.421 e. The van der Waals surface area contributed by atoms with Crippen molar-refractivity contribution in [2.75, 3.05) is 0 Å². The number of carbonyl (C=O) groups is 1. The number of amides is 1. The van der Waals surface area contributed by atoms with Crippen molar-refractivity contribution in [1.82, 2.24) is 4.90 Å². The summed E-state index contributed by atoms with van der Waals surface area (Å²) in [5, 5.41) is 19.2. The highest BCUT2D eigenvalue weighted by Crippen LogP contribution is 2.56. The Bertz CT molecular complexity index is 856. The fraction of sp³-hybridized carbons (Fsp3) is 0.667. The molecule has 3 aliphatic rings. The molecule has 1 amide bonds. The van der Waals surface area contributed by atoms with Crippen molar-refractivity contribution in [3.8, 4) is 6.07 Å². The maximum atomic E-state index is 13.3. The van der Waals surface area contributed by atoms with Gasteiger partial charge in [-0.25, -0.2) is 0 Å². The topological polar surface area (TPSA) is 64.3 Å². The molecule has 0 saturated heterocycles. The van der Waals surface area contributed by atoms with Crippen molar-refractivity contribution >= 4 is 5.91 Å². The summed E-state index contributed by atoms with van der Waals surface area (Å²) in [5.41, 5.74) is -2.78. The second-order valence-electron chi connectivity index (χ2n) is 9.79. The van der Waals surface area contributed by atoms with E-state index < -0.39 is 11.8 Å². The van der Waals surface area contributed by atoms with Gasteiger partial charge >= 0.3 is 6.18 Å². The molecule has 3 saturated carbocycles. The highest BCUT2D eigenvalue weighted by molar-refractivity contribution is 5.95. The molecule has 0 bridgehead atoms. The van der Waals surface area contributed by atoms with Crippen LogP contribution in [0.2, 0.25) is 0 Å². The SMILES string of the molecule is C[C@](O)(c1ccc(C(=O)N(C2CC2)C2CCC(CC#N)(C3CC3)CC2)cc1)C(F)(F)F. The monoisotopic (exact) mass is 434 g/mol. The summed E-state index contributed by atoms with van der Waals surface area (Å²) in [4.78, 5) is 15.3. The van der Waals surface area contributed by atoms with Crippen LogP contribution in [-0.2, 0) is 5.60 Å². The van der Waals surface area contributed by atoms with E-state index in [2.05, 4.69) is 6.07 Å². The van der Waals surface area contributed by atoms with Crippen molar-refractivity contribution in [2.45, 2.75) is 88.6 Å². The van der Waals surface area contributed by atoms with Gasteiger partial charge in [0.1, 0.15) is 0 Å². The number of benzene rings is 1. The number of hydrogen-bond acceptors (Lipinski definition) is 3. The Balaban J connectivity index is 1.48. The second kappa shape index (κ2) is 7.81. The number of hydrogen-bond donors (Lipinski definition) is 1. The zero-order valence-electron chi connectivity index (χ0n) is 17.8. The third-order valence-electron chi connectivity index (χ3n) is 7.64. The highest BCUT2D eigenvalue weighted by Gasteiger charge is 2.51. The number of halogens is 3. The summed E-state index contributed by atoms with van der Waals surface area (Å²) in [6.07, 6.45) is 3.77. The Morgan fingerprint density at radius 2 is 1.65 bits per heavy atom. The van der Waals surface area contributed by atoms with Gasteiger partial charge in [0.25, 0.3) is 5.91 Å². The van der Waals surface area contributed by atoms with Gasteiger partial charge in [0.15, 0.2) is 5.60 Å². The molecule has 1 aromatic rings. The molecule has 7 heteroatoms. The Kier molecular flexibility index (Phi) is 5.58. The summed E-state index contributed by atoms with van der Waals surface area (Å²) >= 11 is 0. The number of nitriles is 1. The van der Waals surface area contributed by atoms with Crippen LogP contribution in [0, 0.1) is 22.7 Å². The Labute approximate surface area is 181 Å². The second-order valence-corrected chi connectivity index (χ2v) is 9.79. The molecule has 0 aliphatic heterocycles. The van der Waals surface area contributed by atoms with E-state index in [1.807, 2.05) is 4.90 Å². The van der Waals surface area contributed by atoms with E-state index in [9.17, 15) is 28.3 Å². The van der Waals surface area contributed by atoms with Crippen molar-refractivity contribution in [2.24, 2.45) is 11.3 Å². The van der Waals surface area contributed by atoms with Gasteiger partial charge in [-0.3, -0.25) is 4.79 Å². The molecular formula is C24H29F3N2O2. The van der Waals surface area contributed by atoms with Crippen molar-refractivity contribution in [1.29, 1.82) is 5.26 Å². The molecule has 1 atom stereocenters. The van der Waals surface area contributed by atoms with Gasteiger partial charge < -0.3 is 10.0 Å².